The number of fused-ring (bicyclic) bond motifs is 2. The first-order chi connectivity index (χ1) is 17.3. The smallest absolute Gasteiger partial charge is 0.263 e. The zero-order valence-corrected chi connectivity index (χ0v) is 23.1. The number of nitrogens with one attached hydrogen (secondary N) is 1. The maximum atomic E-state index is 13.7. The van der Waals surface area contributed by atoms with Crippen LogP contribution < -0.4 is 16.6 Å². The van der Waals surface area contributed by atoms with E-state index in [0.29, 0.717) is 20.8 Å². The van der Waals surface area contributed by atoms with Gasteiger partial charge < -0.3 is 11.1 Å². The van der Waals surface area contributed by atoms with Crippen molar-refractivity contribution in [1.29, 1.82) is 0 Å². The lowest BCUT2D eigenvalue weighted by Gasteiger charge is -2.15. The number of aryl methyl sites for hydroxylation is 2. The van der Waals surface area contributed by atoms with E-state index in [2.05, 4.69) is 33.2 Å². The fourth-order valence-corrected chi connectivity index (χ4v) is 7.41. The molecule has 5 rings (SSSR count). The van der Waals surface area contributed by atoms with Crippen LogP contribution in [0.25, 0.3) is 21.3 Å². The highest BCUT2D eigenvalue weighted by Crippen LogP contribution is 2.39. The van der Waals surface area contributed by atoms with Crippen molar-refractivity contribution in [3.8, 4) is 11.1 Å². The first-order valence-electron chi connectivity index (χ1n) is 11.8. The third kappa shape index (κ3) is 4.31. The standard InChI is InChI=1S/C26H25BrN4O3S2/c1-3-17-19(14-8-10-15(27)11-9-14)21-24(35-17)29-12-31(26(21)34)13(2)23(33)30-25-20(22(28)32)16-6-4-5-7-18(16)36-25/h8-13H,3-7H2,1-2H3,(H2,28,32)(H,30,33). The first kappa shape index (κ1) is 24.9. The third-order valence-corrected chi connectivity index (χ3v) is 9.59. The van der Waals surface area contributed by atoms with E-state index in [1.165, 1.54) is 33.6 Å². The van der Waals surface area contributed by atoms with Crippen molar-refractivity contribution in [2.75, 3.05) is 5.32 Å². The second kappa shape index (κ2) is 9.91. The quantitative estimate of drug-likeness (QED) is 0.303. The van der Waals surface area contributed by atoms with Gasteiger partial charge in [0.05, 0.1) is 17.3 Å². The molecule has 36 heavy (non-hydrogen) atoms. The van der Waals surface area contributed by atoms with Crippen LogP contribution in [-0.4, -0.2) is 21.4 Å². The summed E-state index contributed by atoms with van der Waals surface area (Å²) >= 11 is 6.38. The van der Waals surface area contributed by atoms with Crippen molar-refractivity contribution in [1.82, 2.24) is 9.55 Å². The van der Waals surface area contributed by atoms with E-state index in [1.807, 2.05) is 24.3 Å². The number of halogens is 1. The van der Waals surface area contributed by atoms with Crippen LogP contribution >= 0.6 is 38.6 Å². The predicted octanol–water partition coefficient (Wildman–Crippen LogP) is 5.69. The molecule has 0 spiro atoms. The highest BCUT2D eigenvalue weighted by molar-refractivity contribution is 9.10. The molecule has 0 aliphatic heterocycles. The van der Waals surface area contributed by atoms with Crippen LogP contribution in [0.15, 0.2) is 39.9 Å². The number of thiophene rings is 2. The topological polar surface area (TPSA) is 107 Å². The van der Waals surface area contributed by atoms with E-state index >= 15 is 0 Å². The van der Waals surface area contributed by atoms with Crippen molar-refractivity contribution >= 4 is 65.6 Å². The molecular weight excluding hydrogens is 560 g/mol. The number of hydrogen-bond donors (Lipinski definition) is 2. The average Bonchev–Trinajstić information content (AvgIpc) is 3.42. The Bertz CT molecular complexity index is 1550. The Kier molecular flexibility index (Phi) is 6.84. The van der Waals surface area contributed by atoms with Crippen LogP contribution in [0, 0.1) is 0 Å². The molecule has 0 bridgehead atoms. The van der Waals surface area contributed by atoms with Gasteiger partial charge in [-0.3, -0.25) is 19.0 Å². The summed E-state index contributed by atoms with van der Waals surface area (Å²) < 4.78 is 2.32. The minimum Gasteiger partial charge on any atom is -0.365 e. The second-order valence-electron chi connectivity index (χ2n) is 8.84. The maximum Gasteiger partial charge on any atom is 0.263 e. The molecule has 1 atom stereocenters. The Balaban J connectivity index is 1.54. The number of amides is 2. The molecule has 7 nitrogen and oxygen atoms in total. The number of aromatic nitrogens is 2. The fraction of sp³-hybridized carbons (Fsp3) is 0.308. The van der Waals surface area contributed by atoms with Crippen LogP contribution in [0.2, 0.25) is 0 Å². The highest BCUT2D eigenvalue weighted by atomic mass is 79.9. The molecule has 3 aromatic heterocycles. The average molecular weight is 586 g/mol. The van der Waals surface area contributed by atoms with Gasteiger partial charge in [-0.15, -0.1) is 22.7 Å². The fourth-order valence-electron chi connectivity index (χ4n) is 4.75. The number of carbonyl (C=O) groups is 2. The minimum atomic E-state index is -0.836. The van der Waals surface area contributed by atoms with Crippen LogP contribution in [-0.2, 0) is 24.1 Å². The number of primary amides is 1. The molecule has 3 N–H and O–H groups in total. The van der Waals surface area contributed by atoms with Gasteiger partial charge in [0.25, 0.3) is 11.5 Å². The molecule has 0 fully saturated rings. The molecule has 1 aliphatic rings. The SMILES string of the molecule is CCc1sc2ncn(C(C)C(=O)Nc3sc4c(c3C(N)=O)CCCC4)c(=O)c2c1-c1ccc(Br)cc1. The van der Waals surface area contributed by atoms with E-state index in [9.17, 15) is 14.4 Å². The van der Waals surface area contributed by atoms with Gasteiger partial charge in [-0.1, -0.05) is 35.0 Å². The Morgan fingerprint density at radius 3 is 2.61 bits per heavy atom. The molecule has 4 aromatic rings. The molecule has 0 radical (unpaired) electrons. The van der Waals surface area contributed by atoms with Crippen molar-refractivity contribution < 1.29 is 9.59 Å². The molecule has 0 saturated carbocycles. The van der Waals surface area contributed by atoms with Crippen LogP contribution in [0.3, 0.4) is 0 Å². The van der Waals surface area contributed by atoms with Crippen molar-refractivity contribution in [2.45, 2.75) is 52.0 Å². The first-order valence-corrected chi connectivity index (χ1v) is 14.3. The number of anilines is 1. The number of nitrogens with two attached hydrogens (primary N) is 1. The summed E-state index contributed by atoms with van der Waals surface area (Å²) in [7, 11) is 0. The summed E-state index contributed by atoms with van der Waals surface area (Å²) in [5, 5.41) is 3.86. The molecule has 0 saturated heterocycles. The zero-order valence-electron chi connectivity index (χ0n) is 19.9. The predicted molar refractivity (Wildman–Crippen MR) is 149 cm³/mol. The lowest BCUT2D eigenvalue weighted by atomic mass is 9.95. The van der Waals surface area contributed by atoms with Gasteiger partial charge in [-0.05, 0) is 62.3 Å². The largest absolute Gasteiger partial charge is 0.365 e. The summed E-state index contributed by atoms with van der Waals surface area (Å²) in [5.41, 5.74) is 8.57. The summed E-state index contributed by atoms with van der Waals surface area (Å²) in [4.78, 5) is 46.6. The second-order valence-corrected chi connectivity index (χ2v) is 11.9. The summed E-state index contributed by atoms with van der Waals surface area (Å²) in [6, 6.07) is 7.00. The van der Waals surface area contributed by atoms with E-state index in [0.717, 1.165) is 63.0 Å². The Morgan fingerprint density at radius 2 is 1.92 bits per heavy atom. The van der Waals surface area contributed by atoms with Crippen molar-refractivity contribution in [3.05, 3.63) is 66.3 Å². The van der Waals surface area contributed by atoms with E-state index < -0.39 is 17.9 Å². The number of rotatable bonds is 6. The summed E-state index contributed by atoms with van der Waals surface area (Å²) in [6.07, 6.45) is 5.91. The molecule has 186 valence electrons. The van der Waals surface area contributed by atoms with Crippen molar-refractivity contribution in [3.63, 3.8) is 0 Å². The van der Waals surface area contributed by atoms with Crippen LogP contribution in [0.5, 0.6) is 0 Å². The number of benzene rings is 1. The van der Waals surface area contributed by atoms with Gasteiger partial charge in [-0.25, -0.2) is 4.98 Å². The van der Waals surface area contributed by atoms with Gasteiger partial charge in [0, 0.05) is 19.8 Å². The van der Waals surface area contributed by atoms with Gasteiger partial charge in [0.2, 0.25) is 5.91 Å². The zero-order chi connectivity index (χ0) is 25.6. The summed E-state index contributed by atoms with van der Waals surface area (Å²) in [6.45, 7) is 3.72. The molecular formula is C26H25BrN4O3S2. The molecule has 10 heteroatoms. The lowest BCUT2D eigenvalue weighted by Crippen LogP contribution is -2.32. The molecule has 1 aliphatic carbocycles. The molecule has 2 amide bonds. The Hall–Kier alpha value is -2.82. The van der Waals surface area contributed by atoms with Gasteiger partial charge in [-0.2, -0.15) is 0 Å². The molecule has 1 unspecified atom stereocenters. The third-order valence-electron chi connectivity index (χ3n) is 6.62. The van der Waals surface area contributed by atoms with E-state index in [-0.39, 0.29) is 5.56 Å². The van der Waals surface area contributed by atoms with Crippen LogP contribution in [0.1, 0.15) is 58.4 Å². The number of hydrogen-bond acceptors (Lipinski definition) is 6. The minimum absolute atomic E-state index is 0.267. The molecule has 1 aromatic carbocycles. The van der Waals surface area contributed by atoms with Crippen molar-refractivity contribution in [2.24, 2.45) is 5.73 Å². The number of carbonyl (C=O) groups excluding carboxylic acids is 2. The lowest BCUT2D eigenvalue weighted by molar-refractivity contribution is -0.118. The Morgan fingerprint density at radius 1 is 1.19 bits per heavy atom. The van der Waals surface area contributed by atoms with Crippen LogP contribution in [0.4, 0.5) is 5.00 Å². The van der Waals surface area contributed by atoms with Gasteiger partial charge in [0.15, 0.2) is 0 Å². The monoisotopic (exact) mass is 584 g/mol. The van der Waals surface area contributed by atoms with E-state index in [4.69, 9.17) is 5.73 Å². The molecule has 3 heterocycles. The normalized spacial score (nSPS) is 14.0. The van der Waals surface area contributed by atoms with Gasteiger partial charge >= 0.3 is 0 Å². The van der Waals surface area contributed by atoms with Gasteiger partial charge in [0.1, 0.15) is 15.9 Å². The number of nitrogens with zero attached hydrogens (tertiary/aromatic N) is 2. The van der Waals surface area contributed by atoms with E-state index in [1.54, 1.807) is 6.92 Å². The Labute approximate surface area is 224 Å². The highest BCUT2D eigenvalue weighted by Gasteiger charge is 2.27. The maximum absolute atomic E-state index is 13.7. The summed E-state index contributed by atoms with van der Waals surface area (Å²) in [5.74, 6) is -0.933.